The zero-order valence-corrected chi connectivity index (χ0v) is 13.1. The first-order chi connectivity index (χ1) is 9.75. The van der Waals surface area contributed by atoms with Crippen molar-refractivity contribution in [1.82, 2.24) is 14.9 Å². The van der Waals surface area contributed by atoms with Gasteiger partial charge in [-0.05, 0) is 31.6 Å². The van der Waals surface area contributed by atoms with Gasteiger partial charge in [0.05, 0.1) is 5.69 Å². The van der Waals surface area contributed by atoms with Gasteiger partial charge in [0.25, 0.3) is 0 Å². The van der Waals surface area contributed by atoms with Crippen LogP contribution in [0.15, 0.2) is 0 Å². The summed E-state index contributed by atoms with van der Waals surface area (Å²) in [6.07, 6.45) is 9.29. The van der Waals surface area contributed by atoms with Crippen LogP contribution in [-0.2, 0) is 19.5 Å². The molecule has 20 heavy (non-hydrogen) atoms. The maximum atomic E-state index is 5.03. The predicted octanol–water partition coefficient (Wildman–Crippen LogP) is 3.62. The Hall–Kier alpha value is -0.830. The second-order valence-electron chi connectivity index (χ2n) is 6.96. The fourth-order valence-corrected chi connectivity index (χ4v) is 3.79. The van der Waals surface area contributed by atoms with Crippen LogP contribution < -0.4 is 5.32 Å². The molecule has 1 saturated carbocycles. The van der Waals surface area contributed by atoms with Gasteiger partial charge in [0.2, 0.25) is 0 Å². The van der Waals surface area contributed by atoms with Gasteiger partial charge in [-0.1, -0.05) is 26.7 Å². The van der Waals surface area contributed by atoms with Crippen LogP contribution in [0.3, 0.4) is 0 Å². The molecule has 1 fully saturated rings. The Bertz CT molecular complexity index is 441. The van der Waals surface area contributed by atoms with E-state index in [0.29, 0.717) is 0 Å². The molecule has 0 aromatic carbocycles. The Labute approximate surface area is 123 Å². The Balaban J connectivity index is 1.81. The van der Waals surface area contributed by atoms with Crippen LogP contribution in [0.1, 0.15) is 75.5 Å². The van der Waals surface area contributed by atoms with Gasteiger partial charge in [0.15, 0.2) is 0 Å². The molecule has 1 aliphatic heterocycles. The Morgan fingerprint density at radius 1 is 1.30 bits per heavy atom. The number of rotatable bonds is 5. The van der Waals surface area contributed by atoms with E-state index in [9.17, 15) is 0 Å². The van der Waals surface area contributed by atoms with Gasteiger partial charge >= 0.3 is 0 Å². The molecule has 0 unspecified atom stereocenters. The van der Waals surface area contributed by atoms with E-state index in [2.05, 4.69) is 23.7 Å². The molecule has 2 aliphatic rings. The van der Waals surface area contributed by atoms with Gasteiger partial charge in [0, 0.05) is 37.7 Å². The Kier molecular flexibility index (Phi) is 4.45. The molecule has 3 rings (SSSR count). The van der Waals surface area contributed by atoms with E-state index in [1.54, 1.807) is 0 Å². The Morgan fingerprint density at radius 2 is 2.10 bits per heavy atom. The summed E-state index contributed by atoms with van der Waals surface area (Å²) in [5.74, 6) is 2.96. The highest BCUT2D eigenvalue weighted by atomic mass is 15.1. The average Bonchev–Trinajstić information content (AvgIpc) is 3.05. The predicted molar refractivity (Wildman–Crippen MR) is 82.9 cm³/mol. The largest absolute Gasteiger partial charge is 0.331 e. The van der Waals surface area contributed by atoms with E-state index in [1.165, 1.54) is 62.3 Å². The highest BCUT2D eigenvalue weighted by molar-refractivity contribution is 5.22. The third kappa shape index (κ3) is 2.93. The van der Waals surface area contributed by atoms with Crippen molar-refractivity contribution in [3.8, 4) is 0 Å². The van der Waals surface area contributed by atoms with Gasteiger partial charge < -0.3 is 9.88 Å². The first-order valence-corrected chi connectivity index (χ1v) is 8.54. The van der Waals surface area contributed by atoms with Crippen molar-refractivity contribution in [3.63, 3.8) is 0 Å². The van der Waals surface area contributed by atoms with E-state index in [0.717, 1.165) is 31.3 Å². The fraction of sp³-hybridized carbons (Fsp3) is 0.824. The van der Waals surface area contributed by atoms with Gasteiger partial charge in [-0.25, -0.2) is 4.98 Å². The van der Waals surface area contributed by atoms with Crippen molar-refractivity contribution in [1.29, 1.82) is 0 Å². The molecule has 3 nitrogen and oxygen atoms in total. The molecule has 0 amide bonds. The summed E-state index contributed by atoms with van der Waals surface area (Å²) in [7, 11) is 0. The quantitative estimate of drug-likeness (QED) is 0.889. The molecule has 112 valence electrons. The first-order valence-electron chi connectivity index (χ1n) is 8.54. The highest BCUT2D eigenvalue weighted by Crippen LogP contribution is 2.35. The molecule has 1 aliphatic carbocycles. The van der Waals surface area contributed by atoms with Crippen molar-refractivity contribution >= 4 is 0 Å². The first kappa shape index (κ1) is 14.1. The minimum atomic E-state index is 0.736. The molecule has 0 bridgehead atoms. The van der Waals surface area contributed by atoms with Gasteiger partial charge in [0.1, 0.15) is 5.82 Å². The lowest BCUT2D eigenvalue weighted by atomic mass is 10.1. The lowest BCUT2D eigenvalue weighted by molar-refractivity contribution is 0.480. The van der Waals surface area contributed by atoms with Crippen molar-refractivity contribution in [3.05, 3.63) is 17.2 Å². The smallest absolute Gasteiger partial charge is 0.112 e. The van der Waals surface area contributed by atoms with Gasteiger partial charge in [-0.2, -0.15) is 0 Å². The molecule has 0 radical (unpaired) electrons. The number of hydrogen-bond donors (Lipinski definition) is 1. The summed E-state index contributed by atoms with van der Waals surface area (Å²) in [5, 5.41) is 3.47. The molecule has 1 aromatic rings. The van der Waals surface area contributed by atoms with Crippen LogP contribution in [0.4, 0.5) is 0 Å². The Morgan fingerprint density at radius 3 is 2.85 bits per heavy atom. The molecule has 1 N–H and O–H groups in total. The minimum absolute atomic E-state index is 0.736. The van der Waals surface area contributed by atoms with Crippen molar-refractivity contribution in [2.75, 3.05) is 6.54 Å². The third-order valence-corrected chi connectivity index (χ3v) is 4.90. The van der Waals surface area contributed by atoms with Crippen LogP contribution in [0.2, 0.25) is 0 Å². The summed E-state index contributed by atoms with van der Waals surface area (Å²) in [6, 6.07) is 0. The highest BCUT2D eigenvalue weighted by Gasteiger charge is 2.26. The van der Waals surface area contributed by atoms with Gasteiger partial charge in [-0.3, -0.25) is 0 Å². The molecule has 0 saturated heterocycles. The molecule has 2 heterocycles. The fourth-order valence-electron chi connectivity index (χ4n) is 3.79. The lowest BCUT2D eigenvalue weighted by Crippen LogP contribution is -2.25. The molecular formula is C17H29N3. The summed E-state index contributed by atoms with van der Waals surface area (Å²) in [4.78, 5) is 5.03. The van der Waals surface area contributed by atoms with Crippen molar-refractivity contribution in [2.45, 2.75) is 77.8 Å². The van der Waals surface area contributed by atoms with E-state index >= 15 is 0 Å². The normalized spacial score (nSPS) is 19.8. The van der Waals surface area contributed by atoms with E-state index in [4.69, 9.17) is 4.98 Å². The summed E-state index contributed by atoms with van der Waals surface area (Å²) in [5.41, 5.74) is 2.87. The molecule has 0 atom stereocenters. The molecule has 0 spiro atoms. The van der Waals surface area contributed by atoms with Crippen molar-refractivity contribution in [2.24, 2.45) is 5.92 Å². The third-order valence-electron chi connectivity index (χ3n) is 4.90. The van der Waals surface area contributed by atoms with E-state index < -0.39 is 0 Å². The molecule has 1 aromatic heterocycles. The van der Waals surface area contributed by atoms with Crippen molar-refractivity contribution < 1.29 is 0 Å². The van der Waals surface area contributed by atoms with E-state index in [-0.39, 0.29) is 0 Å². The van der Waals surface area contributed by atoms with Crippen LogP contribution in [0, 0.1) is 5.92 Å². The SMILES string of the molecule is CC(C)CCCn1c(C2CCCC2)nc2c1CCNC2. The standard InChI is InChI=1S/C17H29N3/c1-13(2)6-5-11-20-16-9-10-18-12-15(16)19-17(20)14-7-3-4-8-14/h13-14,18H,3-12H2,1-2H3. The number of hydrogen-bond acceptors (Lipinski definition) is 2. The van der Waals surface area contributed by atoms with Gasteiger partial charge in [-0.15, -0.1) is 0 Å². The summed E-state index contributed by atoms with van der Waals surface area (Å²) in [6.45, 7) is 7.93. The molecular weight excluding hydrogens is 246 g/mol. The number of nitrogens with one attached hydrogen (secondary N) is 1. The average molecular weight is 275 g/mol. The lowest BCUT2D eigenvalue weighted by Gasteiger charge is -2.18. The number of imidazole rings is 1. The van der Waals surface area contributed by atoms with Crippen LogP contribution in [0.25, 0.3) is 0 Å². The van der Waals surface area contributed by atoms with Crippen LogP contribution in [-0.4, -0.2) is 16.1 Å². The second-order valence-corrected chi connectivity index (χ2v) is 6.96. The zero-order valence-electron chi connectivity index (χ0n) is 13.1. The topological polar surface area (TPSA) is 29.9 Å². The molecule has 3 heteroatoms. The number of aromatic nitrogens is 2. The maximum absolute atomic E-state index is 5.03. The van der Waals surface area contributed by atoms with Crippen LogP contribution >= 0.6 is 0 Å². The minimum Gasteiger partial charge on any atom is -0.331 e. The number of fused-ring (bicyclic) bond motifs is 1. The maximum Gasteiger partial charge on any atom is 0.112 e. The monoisotopic (exact) mass is 275 g/mol. The number of nitrogens with zero attached hydrogens (tertiary/aromatic N) is 2. The zero-order chi connectivity index (χ0) is 13.9. The summed E-state index contributed by atoms with van der Waals surface area (Å²) >= 11 is 0. The van der Waals surface area contributed by atoms with E-state index in [1.807, 2.05) is 0 Å². The van der Waals surface area contributed by atoms with Crippen LogP contribution in [0.5, 0.6) is 0 Å². The summed E-state index contributed by atoms with van der Waals surface area (Å²) < 4.78 is 2.61. The second kappa shape index (κ2) is 6.30.